The zero-order valence-corrected chi connectivity index (χ0v) is 46.1. The van der Waals surface area contributed by atoms with Gasteiger partial charge in [0, 0.05) is 128 Å². The maximum atomic E-state index is 4.57. The van der Waals surface area contributed by atoms with E-state index in [9.17, 15) is 0 Å². The van der Waals surface area contributed by atoms with Crippen molar-refractivity contribution in [1.82, 2.24) is 38.2 Å². The lowest BCUT2D eigenvalue weighted by Crippen LogP contribution is -2.31. The van der Waals surface area contributed by atoms with Crippen LogP contribution in [-0.4, -0.2) is 38.2 Å². The van der Waals surface area contributed by atoms with Gasteiger partial charge >= 0.3 is 0 Å². The van der Waals surface area contributed by atoms with Gasteiger partial charge in [0.05, 0.1) is 38.6 Å². The summed E-state index contributed by atoms with van der Waals surface area (Å²) in [6.45, 7) is 3.19. The van der Waals surface area contributed by atoms with Gasteiger partial charge in [-0.05, 0) is 139 Å². The Kier molecular flexibility index (Phi) is 11.6. The minimum absolute atomic E-state index is 0.225. The van der Waals surface area contributed by atoms with E-state index in [4.69, 9.17) is 0 Å². The first-order valence-corrected chi connectivity index (χ1v) is 29.0. The fourth-order valence-corrected chi connectivity index (χ4v) is 14.3. The van der Waals surface area contributed by atoms with Crippen LogP contribution in [0.4, 0.5) is 0 Å². The predicted octanol–water partition coefficient (Wildman–Crippen LogP) is 17.6. The molecule has 8 nitrogen and oxygen atoms in total. The average molecular weight is 1070 g/mol. The van der Waals surface area contributed by atoms with Crippen molar-refractivity contribution in [2.24, 2.45) is 11.3 Å². The van der Waals surface area contributed by atoms with Crippen LogP contribution in [0, 0.1) is 11.3 Å². The van der Waals surface area contributed by atoms with Crippen molar-refractivity contribution in [3.8, 4) is 11.4 Å². The number of hydrogen-bond acceptors (Lipinski definition) is 4. The minimum Gasteiger partial charge on any atom is -0.336 e. The lowest BCUT2D eigenvalue weighted by atomic mass is 9.67. The molecule has 8 heterocycles. The molecule has 15 aromatic rings. The van der Waals surface area contributed by atoms with Gasteiger partial charge in [-0.3, -0.25) is 19.9 Å². The van der Waals surface area contributed by atoms with E-state index >= 15 is 0 Å². The number of aromatic nitrogens is 8. The van der Waals surface area contributed by atoms with Gasteiger partial charge in [-0.15, -0.1) is 0 Å². The van der Waals surface area contributed by atoms with E-state index < -0.39 is 0 Å². The first kappa shape index (κ1) is 48.7. The number of benzene rings is 7. The van der Waals surface area contributed by atoms with Gasteiger partial charge in [0.1, 0.15) is 0 Å². The Morgan fingerprint density at radius 1 is 0.349 bits per heavy atom. The molecule has 0 fully saturated rings. The molecule has 8 aromatic heterocycles. The summed E-state index contributed by atoms with van der Waals surface area (Å²) in [4.78, 5) is 18.2. The van der Waals surface area contributed by atoms with Gasteiger partial charge in [0.2, 0.25) is 0 Å². The summed E-state index contributed by atoms with van der Waals surface area (Å²) in [5.41, 5.74) is 19.6. The molecular formula is C75H58N8. The number of pyridine rings is 4. The Labute approximate surface area is 480 Å². The van der Waals surface area contributed by atoms with Crippen molar-refractivity contribution >= 4 is 92.9 Å². The molecule has 0 amide bonds. The number of allylic oxidation sites excluding steroid dienone is 4. The quantitative estimate of drug-likeness (QED) is 0.115. The first-order chi connectivity index (χ1) is 41.0. The van der Waals surface area contributed by atoms with Crippen LogP contribution in [0.25, 0.3) is 104 Å². The first-order valence-electron chi connectivity index (χ1n) is 29.0. The molecule has 1 unspecified atom stereocenters. The van der Waals surface area contributed by atoms with E-state index in [1.54, 1.807) is 0 Å². The average Bonchev–Trinajstić information content (AvgIpc) is 3.86. The zero-order valence-electron chi connectivity index (χ0n) is 46.1. The molecule has 1 aliphatic carbocycles. The third-order valence-electron chi connectivity index (χ3n) is 17.9. The molecule has 0 aliphatic heterocycles. The maximum absolute atomic E-state index is 4.57. The summed E-state index contributed by atoms with van der Waals surface area (Å²) >= 11 is 0. The lowest BCUT2D eigenvalue weighted by molar-refractivity contribution is 0.270. The summed E-state index contributed by atoms with van der Waals surface area (Å²) in [7, 11) is 0. The van der Waals surface area contributed by atoms with E-state index in [-0.39, 0.29) is 11.3 Å². The van der Waals surface area contributed by atoms with Gasteiger partial charge in [0.25, 0.3) is 0 Å². The van der Waals surface area contributed by atoms with Crippen molar-refractivity contribution in [3.63, 3.8) is 0 Å². The number of para-hydroxylation sites is 4. The molecule has 1 aliphatic rings. The Balaban J connectivity index is 0.821. The summed E-state index contributed by atoms with van der Waals surface area (Å²) in [5.74, 6) is 0.275. The van der Waals surface area contributed by atoms with Crippen molar-refractivity contribution in [1.29, 1.82) is 0 Å². The number of nitrogens with zero attached hydrogens (tertiary/aromatic N) is 8. The van der Waals surface area contributed by atoms with Crippen LogP contribution in [-0.2, 0) is 25.8 Å². The third-order valence-corrected chi connectivity index (χ3v) is 17.9. The molecule has 1 atom stereocenters. The molecular weight excluding hydrogens is 1010 g/mol. The highest BCUT2D eigenvalue weighted by atomic mass is 15.0. The van der Waals surface area contributed by atoms with Gasteiger partial charge < -0.3 is 18.3 Å². The highest BCUT2D eigenvalue weighted by Gasteiger charge is 2.34. The number of hydrogen-bond donors (Lipinski definition) is 0. The lowest BCUT2D eigenvalue weighted by Gasteiger charge is -2.37. The summed E-state index contributed by atoms with van der Waals surface area (Å²) in [6.07, 6.45) is 25.1. The van der Waals surface area contributed by atoms with Crippen LogP contribution < -0.4 is 0 Å². The molecule has 83 heavy (non-hydrogen) atoms. The topological polar surface area (TPSA) is 71.3 Å². The highest BCUT2D eigenvalue weighted by Crippen LogP contribution is 2.45. The van der Waals surface area contributed by atoms with E-state index in [0.29, 0.717) is 0 Å². The highest BCUT2D eigenvalue weighted by molar-refractivity contribution is 6.11. The molecule has 0 saturated heterocycles. The fraction of sp³-hybridized carbons (Fsp3) is 0.120. The second kappa shape index (κ2) is 19.8. The van der Waals surface area contributed by atoms with Crippen LogP contribution >= 0.6 is 0 Å². The molecule has 0 radical (unpaired) electrons. The van der Waals surface area contributed by atoms with Gasteiger partial charge in [-0.2, -0.15) is 0 Å². The molecule has 0 spiro atoms. The maximum Gasteiger partial charge on any atom is 0.0571 e. The van der Waals surface area contributed by atoms with Crippen LogP contribution in [0.3, 0.4) is 0 Å². The van der Waals surface area contributed by atoms with E-state index in [0.717, 1.165) is 71.8 Å². The zero-order chi connectivity index (χ0) is 55.0. The largest absolute Gasteiger partial charge is 0.336 e. The molecule has 16 rings (SSSR count). The Hall–Kier alpha value is -10.2. The molecule has 0 saturated carbocycles. The van der Waals surface area contributed by atoms with Gasteiger partial charge in [0.15, 0.2) is 0 Å². The van der Waals surface area contributed by atoms with E-state index in [2.05, 4.69) is 251 Å². The van der Waals surface area contributed by atoms with Crippen LogP contribution in [0.15, 0.2) is 261 Å². The van der Waals surface area contributed by atoms with E-state index in [1.165, 1.54) is 98.9 Å². The Morgan fingerprint density at radius 2 is 0.699 bits per heavy atom. The molecule has 8 heteroatoms. The molecule has 0 bridgehead atoms. The fourth-order valence-electron chi connectivity index (χ4n) is 14.3. The second-order valence-electron chi connectivity index (χ2n) is 23.1. The SMILES string of the molecule is CC1CC(CC(Cc2ccc(Cn3c4ccccc4c4cnccc43)cc2)(Cc2ccc(-n3c4ccccc4c4cnccc43)cc2)Cc2ccc(-n3c4ccccc4c4cnccc43)cc2)=CC=C1n1c2ccccc2c2cnccc21. The molecule has 7 aromatic carbocycles. The van der Waals surface area contributed by atoms with Crippen molar-refractivity contribution < 1.29 is 0 Å². The summed E-state index contributed by atoms with van der Waals surface area (Å²) < 4.78 is 9.71. The Morgan fingerprint density at radius 3 is 1.17 bits per heavy atom. The van der Waals surface area contributed by atoms with Crippen LogP contribution in [0.2, 0.25) is 0 Å². The second-order valence-corrected chi connectivity index (χ2v) is 23.1. The van der Waals surface area contributed by atoms with Gasteiger partial charge in [-0.25, -0.2) is 0 Å². The molecule has 398 valence electrons. The monoisotopic (exact) mass is 1070 g/mol. The summed E-state index contributed by atoms with van der Waals surface area (Å²) in [6, 6.07) is 71.9. The number of rotatable bonds is 13. The minimum atomic E-state index is -0.225. The van der Waals surface area contributed by atoms with Crippen molar-refractivity contribution in [3.05, 3.63) is 284 Å². The normalized spacial score (nSPS) is 14.1. The van der Waals surface area contributed by atoms with Gasteiger partial charge in [-0.1, -0.05) is 140 Å². The summed E-state index contributed by atoms with van der Waals surface area (Å²) in [5, 5.41) is 9.58. The number of fused-ring (bicyclic) bond motifs is 12. The van der Waals surface area contributed by atoms with E-state index in [1.807, 2.05) is 49.6 Å². The van der Waals surface area contributed by atoms with Crippen molar-refractivity contribution in [2.45, 2.75) is 45.6 Å². The van der Waals surface area contributed by atoms with Crippen LogP contribution in [0.1, 0.15) is 42.0 Å². The smallest absolute Gasteiger partial charge is 0.0571 e. The van der Waals surface area contributed by atoms with Crippen LogP contribution in [0.5, 0.6) is 0 Å². The molecule has 0 N–H and O–H groups in total. The van der Waals surface area contributed by atoms with Crippen molar-refractivity contribution in [2.75, 3.05) is 0 Å². The predicted molar refractivity (Wildman–Crippen MR) is 341 cm³/mol. The third kappa shape index (κ3) is 8.35. The standard InChI is InChI=1S/C75H58N8/c1-50-40-55(26-31-66(50)83-71-17-9-5-13-61(71)65-48-79-39-35-74(65)83)44-75(42-52-22-27-56(28-23-52)81-69-15-7-3-11-59(69)63-46-77-37-33-72(63)81,43-53-24-29-57(30-25-53)82-70-16-8-4-12-60(70)64-47-78-38-34-73(64)82)41-51-18-20-54(21-19-51)49-80-67-14-6-2-10-58(67)62-45-76-36-32-68(62)80/h2-39,45-48,50H,40-44,49H2,1H3. The Bertz CT molecular complexity index is 4680.